The van der Waals surface area contributed by atoms with Crippen molar-refractivity contribution in [3.63, 3.8) is 0 Å². The number of carboxylic acids is 1. The Labute approximate surface area is 201 Å². The van der Waals surface area contributed by atoms with Gasteiger partial charge in [-0.2, -0.15) is 0 Å². The zero-order chi connectivity index (χ0) is 24.2. The second-order valence-electron chi connectivity index (χ2n) is 14.5. The first-order valence-electron chi connectivity index (χ1n) is 13.8. The van der Waals surface area contributed by atoms with E-state index in [1.165, 1.54) is 31.3 Å². The summed E-state index contributed by atoms with van der Waals surface area (Å²) in [5.74, 6) is 1.79. The number of allylic oxidation sites excluding steroid dienone is 1. The first-order valence-corrected chi connectivity index (χ1v) is 13.8. The zero-order valence-electron chi connectivity index (χ0n) is 22.0. The molecule has 0 aliphatic heterocycles. The van der Waals surface area contributed by atoms with Crippen molar-refractivity contribution in [3.05, 3.63) is 12.2 Å². The fourth-order valence-corrected chi connectivity index (χ4v) is 11.5. The van der Waals surface area contributed by atoms with Crippen LogP contribution in [0.25, 0.3) is 0 Å². The number of hydrogen-bond donors (Lipinski definition) is 2. The number of hydrogen-bond acceptors (Lipinski definition) is 2. The molecule has 0 radical (unpaired) electrons. The van der Waals surface area contributed by atoms with E-state index in [0.29, 0.717) is 23.7 Å². The summed E-state index contributed by atoms with van der Waals surface area (Å²) in [6.45, 7) is 18.8. The van der Waals surface area contributed by atoms with Crippen molar-refractivity contribution in [1.82, 2.24) is 0 Å². The van der Waals surface area contributed by atoms with E-state index in [0.717, 1.165) is 38.5 Å². The molecule has 0 spiro atoms. The molecule has 5 saturated carbocycles. The van der Waals surface area contributed by atoms with Gasteiger partial charge < -0.3 is 10.2 Å². The monoisotopic (exact) mass is 456 g/mol. The lowest BCUT2D eigenvalue weighted by Gasteiger charge is -2.72. The lowest BCUT2D eigenvalue weighted by molar-refractivity contribution is -0.248. The van der Waals surface area contributed by atoms with E-state index in [4.69, 9.17) is 0 Å². The van der Waals surface area contributed by atoms with Crippen LogP contribution in [0.1, 0.15) is 106 Å². The number of carbonyl (C=O) groups is 1. The third kappa shape index (κ3) is 2.75. The van der Waals surface area contributed by atoms with Crippen LogP contribution in [-0.4, -0.2) is 22.3 Å². The summed E-state index contributed by atoms with van der Waals surface area (Å²) in [5.41, 5.74) is 1.35. The molecule has 0 heterocycles. The minimum absolute atomic E-state index is 0.0202. The highest BCUT2D eigenvalue weighted by molar-refractivity contribution is 5.76. The Hall–Kier alpha value is -0.830. The molecule has 5 aliphatic carbocycles. The molecule has 0 saturated heterocycles. The van der Waals surface area contributed by atoms with Crippen LogP contribution in [0.5, 0.6) is 0 Å². The number of aliphatic hydroxyl groups excluding tert-OH is 1. The van der Waals surface area contributed by atoms with Crippen LogP contribution < -0.4 is 0 Å². The third-order valence-corrected chi connectivity index (χ3v) is 13.5. The van der Waals surface area contributed by atoms with Crippen LogP contribution in [0.15, 0.2) is 12.2 Å². The Kier molecular flexibility index (Phi) is 5.15. The van der Waals surface area contributed by atoms with Gasteiger partial charge in [0, 0.05) is 0 Å². The number of carboxylic acid groups (broad SMARTS) is 1. The van der Waals surface area contributed by atoms with E-state index >= 15 is 0 Å². The maximum Gasteiger partial charge on any atom is 0.309 e. The number of fused-ring (bicyclic) bond motifs is 7. The average molecular weight is 457 g/mol. The average Bonchev–Trinajstić information content (AvgIpc) is 3.13. The Morgan fingerprint density at radius 3 is 2.15 bits per heavy atom. The Morgan fingerprint density at radius 1 is 0.818 bits per heavy atom. The van der Waals surface area contributed by atoms with Gasteiger partial charge in [-0.05, 0) is 122 Å². The highest BCUT2D eigenvalue weighted by Gasteiger charge is 2.71. The van der Waals surface area contributed by atoms with Gasteiger partial charge in [-0.3, -0.25) is 4.79 Å². The fourth-order valence-electron chi connectivity index (χ4n) is 11.5. The van der Waals surface area contributed by atoms with Crippen LogP contribution in [0.4, 0.5) is 0 Å². The predicted molar refractivity (Wildman–Crippen MR) is 133 cm³/mol. The topological polar surface area (TPSA) is 57.5 Å². The largest absolute Gasteiger partial charge is 0.481 e. The summed E-state index contributed by atoms with van der Waals surface area (Å²) < 4.78 is 0. The number of rotatable bonds is 2. The van der Waals surface area contributed by atoms with E-state index in [-0.39, 0.29) is 33.7 Å². The van der Waals surface area contributed by atoms with Gasteiger partial charge in [0.1, 0.15) is 0 Å². The lowest BCUT2D eigenvalue weighted by Crippen LogP contribution is -2.67. The minimum atomic E-state index is -0.538. The molecule has 0 aromatic heterocycles. The number of aliphatic hydroxyl groups is 1. The maximum atomic E-state index is 12.8. The molecule has 2 N–H and O–H groups in total. The van der Waals surface area contributed by atoms with Crippen molar-refractivity contribution in [2.75, 3.05) is 0 Å². The molecule has 2 unspecified atom stereocenters. The molecule has 10 atom stereocenters. The van der Waals surface area contributed by atoms with Crippen molar-refractivity contribution < 1.29 is 15.0 Å². The molecule has 5 aliphatic rings. The summed E-state index contributed by atoms with van der Waals surface area (Å²) in [7, 11) is 0. The highest BCUT2D eigenvalue weighted by Crippen LogP contribution is 2.77. The summed E-state index contributed by atoms with van der Waals surface area (Å²) >= 11 is 0. The third-order valence-electron chi connectivity index (χ3n) is 13.5. The molecule has 33 heavy (non-hydrogen) atoms. The van der Waals surface area contributed by atoms with E-state index in [1.807, 2.05) is 0 Å². The van der Waals surface area contributed by atoms with Gasteiger partial charge in [-0.1, -0.05) is 46.8 Å². The van der Waals surface area contributed by atoms with E-state index in [1.54, 1.807) is 0 Å². The first kappa shape index (κ1) is 23.9. The fraction of sp³-hybridized carbons (Fsp3) is 0.900. The normalized spacial score (nSPS) is 55.0. The Bertz CT molecular complexity index is 861. The summed E-state index contributed by atoms with van der Waals surface area (Å²) in [4.78, 5) is 12.8. The summed E-state index contributed by atoms with van der Waals surface area (Å²) in [5, 5.41) is 21.4. The van der Waals surface area contributed by atoms with Gasteiger partial charge in [-0.25, -0.2) is 0 Å². The van der Waals surface area contributed by atoms with Crippen molar-refractivity contribution in [1.29, 1.82) is 0 Å². The standard InChI is InChI=1S/C30H48O3/c1-18(2)19-10-15-30(25(32)33)17-16-28(6)20(24(19)30)8-9-22-27(5)13-12-23(31)26(3,4)21(27)11-14-29(22,28)7/h19-24,31H,1,8-17H2,2-7H3,(H,32,33)/t19-,20?,21-,22?,23-,24+,27-,28+,29+,30-/m0/s1. The van der Waals surface area contributed by atoms with Crippen LogP contribution in [0, 0.1) is 56.7 Å². The molecule has 3 heteroatoms. The van der Waals surface area contributed by atoms with Gasteiger partial charge in [-0.15, -0.1) is 0 Å². The summed E-state index contributed by atoms with van der Waals surface area (Å²) in [6, 6.07) is 0. The van der Waals surface area contributed by atoms with Gasteiger partial charge in [0.15, 0.2) is 0 Å². The van der Waals surface area contributed by atoms with Crippen LogP contribution >= 0.6 is 0 Å². The number of aliphatic carboxylic acids is 1. The minimum Gasteiger partial charge on any atom is -0.481 e. The first-order chi connectivity index (χ1) is 15.3. The molecular weight excluding hydrogens is 408 g/mol. The van der Waals surface area contributed by atoms with Crippen molar-refractivity contribution in [2.24, 2.45) is 56.7 Å². The molecule has 0 bridgehead atoms. The molecule has 0 aromatic carbocycles. The molecule has 5 rings (SSSR count). The maximum absolute atomic E-state index is 12.8. The van der Waals surface area contributed by atoms with Crippen molar-refractivity contribution in [2.45, 2.75) is 112 Å². The molecule has 186 valence electrons. The molecular formula is C30H48O3. The van der Waals surface area contributed by atoms with Crippen molar-refractivity contribution >= 4 is 5.97 Å². The lowest BCUT2D eigenvalue weighted by atomic mass is 9.32. The van der Waals surface area contributed by atoms with Gasteiger partial charge in [0.05, 0.1) is 11.5 Å². The predicted octanol–water partition coefficient (Wildman–Crippen LogP) is 7.09. The molecule has 5 fully saturated rings. The van der Waals surface area contributed by atoms with Gasteiger partial charge in [0.2, 0.25) is 0 Å². The Morgan fingerprint density at radius 2 is 1.52 bits per heavy atom. The van der Waals surface area contributed by atoms with Crippen molar-refractivity contribution in [3.8, 4) is 0 Å². The Balaban J connectivity index is 1.57. The molecule has 0 aromatic rings. The van der Waals surface area contributed by atoms with E-state index in [9.17, 15) is 15.0 Å². The van der Waals surface area contributed by atoms with Crippen LogP contribution in [0.3, 0.4) is 0 Å². The molecule has 0 amide bonds. The summed E-state index contributed by atoms with van der Waals surface area (Å²) in [6.07, 6.45) is 10.5. The second kappa shape index (κ2) is 7.11. The molecule has 3 nitrogen and oxygen atoms in total. The van der Waals surface area contributed by atoms with E-state index < -0.39 is 11.4 Å². The van der Waals surface area contributed by atoms with Crippen LogP contribution in [-0.2, 0) is 4.79 Å². The van der Waals surface area contributed by atoms with E-state index in [2.05, 4.69) is 48.1 Å². The quantitative estimate of drug-likeness (QED) is 0.436. The smallest absolute Gasteiger partial charge is 0.309 e. The SMILES string of the molecule is C=C(C)[C@@H]1CC[C@]2(C(=O)O)CC[C@]3(C)C(CCC4[C@@]5(C)CC[C@H](O)C(C)(C)[C@@H]5CC[C@]43C)[C@@H]12. The second-order valence-corrected chi connectivity index (χ2v) is 14.5. The zero-order valence-corrected chi connectivity index (χ0v) is 22.0. The van der Waals surface area contributed by atoms with Gasteiger partial charge >= 0.3 is 5.97 Å². The highest BCUT2D eigenvalue weighted by atomic mass is 16.4. The van der Waals surface area contributed by atoms with Crippen LogP contribution in [0.2, 0.25) is 0 Å². The van der Waals surface area contributed by atoms with Gasteiger partial charge in [0.25, 0.3) is 0 Å².